The molecule has 2 aromatic rings. The molecular formula is C16H21N5O3. The van der Waals surface area contributed by atoms with Gasteiger partial charge in [-0.05, 0) is 25.1 Å². The minimum Gasteiger partial charge on any atom is -0.467 e. The standard InChI is InChI=1S/C16H21N5O3/c1-2-23-16(22)21-9-7-20(8-10-21)15-17-6-5-14(19-15)18-12-13-4-3-11-24-13/h3-6,11H,2,7-10,12H2,1H3,(H,17,18,19). The van der Waals surface area contributed by atoms with E-state index in [-0.39, 0.29) is 6.09 Å². The Morgan fingerprint density at radius 3 is 2.88 bits per heavy atom. The van der Waals surface area contributed by atoms with Crippen LogP contribution in [0.25, 0.3) is 0 Å². The van der Waals surface area contributed by atoms with Crippen LogP contribution in [0.1, 0.15) is 12.7 Å². The van der Waals surface area contributed by atoms with Gasteiger partial charge in [0, 0.05) is 32.4 Å². The second kappa shape index (κ2) is 7.67. The highest BCUT2D eigenvalue weighted by Crippen LogP contribution is 2.14. The second-order valence-electron chi connectivity index (χ2n) is 5.35. The minimum atomic E-state index is -0.257. The van der Waals surface area contributed by atoms with Crippen molar-refractivity contribution in [1.29, 1.82) is 0 Å². The van der Waals surface area contributed by atoms with Gasteiger partial charge in [-0.25, -0.2) is 9.78 Å². The summed E-state index contributed by atoms with van der Waals surface area (Å²) in [6.07, 6.45) is 3.11. The molecule has 1 amide bonds. The molecule has 3 heterocycles. The molecule has 8 heteroatoms. The smallest absolute Gasteiger partial charge is 0.409 e. The van der Waals surface area contributed by atoms with E-state index in [1.807, 2.05) is 25.1 Å². The van der Waals surface area contributed by atoms with Gasteiger partial charge in [0.15, 0.2) is 0 Å². The third-order valence-electron chi connectivity index (χ3n) is 3.76. The summed E-state index contributed by atoms with van der Waals surface area (Å²) >= 11 is 0. The highest BCUT2D eigenvalue weighted by molar-refractivity contribution is 5.68. The first-order valence-corrected chi connectivity index (χ1v) is 8.02. The lowest BCUT2D eigenvalue weighted by molar-refractivity contribution is 0.105. The lowest BCUT2D eigenvalue weighted by atomic mass is 10.3. The molecule has 3 rings (SSSR count). The molecule has 8 nitrogen and oxygen atoms in total. The number of nitrogens with zero attached hydrogens (tertiary/aromatic N) is 4. The highest BCUT2D eigenvalue weighted by atomic mass is 16.6. The Morgan fingerprint density at radius 1 is 1.33 bits per heavy atom. The number of rotatable bonds is 5. The van der Waals surface area contributed by atoms with E-state index in [0.29, 0.717) is 45.3 Å². The molecule has 0 atom stereocenters. The lowest BCUT2D eigenvalue weighted by Crippen LogP contribution is -2.49. The molecule has 0 saturated carbocycles. The van der Waals surface area contributed by atoms with Gasteiger partial charge in [0.25, 0.3) is 0 Å². The predicted octanol–water partition coefficient (Wildman–Crippen LogP) is 1.96. The van der Waals surface area contributed by atoms with Gasteiger partial charge in [-0.15, -0.1) is 0 Å². The molecule has 1 aliphatic rings. The third-order valence-corrected chi connectivity index (χ3v) is 3.76. The van der Waals surface area contributed by atoms with Gasteiger partial charge in [-0.1, -0.05) is 0 Å². The van der Waals surface area contributed by atoms with E-state index in [4.69, 9.17) is 9.15 Å². The monoisotopic (exact) mass is 331 g/mol. The molecule has 128 valence electrons. The number of hydrogen-bond donors (Lipinski definition) is 1. The topological polar surface area (TPSA) is 83.7 Å². The van der Waals surface area contributed by atoms with Crippen molar-refractivity contribution >= 4 is 17.9 Å². The number of furan rings is 1. The first kappa shape index (κ1) is 16.1. The number of amides is 1. The summed E-state index contributed by atoms with van der Waals surface area (Å²) in [7, 11) is 0. The number of nitrogens with one attached hydrogen (secondary N) is 1. The van der Waals surface area contributed by atoms with Crippen LogP contribution in [0, 0.1) is 0 Å². The normalized spacial score (nSPS) is 14.5. The molecule has 0 aliphatic carbocycles. The number of ether oxygens (including phenoxy) is 1. The van der Waals surface area contributed by atoms with Crippen LogP contribution in [0.4, 0.5) is 16.6 Å². The second-order valence-corrected chi connectivity index (χ2v) is 5.35. The zero-order valence-electron chi connectivity index (χ0n) is 13.6. The predicted molar refractivity (Wildman–Crippen MR) is 88.9 cm³/mol. The number of hydrogen-bond acceptors (Lipinski definition) is 7. The molecule has 1 N–H and O–H groups in total. The highest BCUT2D eigenvalue weighted by Gasteiger charge is 2.23. The van der Waals surface area contributed by atoms with Crippen LogP contribution < -0.4 is 10.2 Å². The van der Waals surface area contributed by atoms with Gasteiger partial charge in [-0.3, -0.25) is 0 Å². The summed E-state index contributed by atoms with van der Waals surface area (Å²) in [6.45, 7) is 5.34. The van der Waals surface area contributed by atoms with Crippen molar-refractivity contribution in [3.05, 3.63) is 36.4 Å². The van der Waals surface area contributed by atoms with Crippen molar-refractivity contribution < 1.29 is 13.9 Å². The van der Waals surface area contributed by atoms with Gasteiger partial charge in [0.05, 0.1) is 19.4 Å². The van der Waals surface area contributed by atoms with Gasteiger partial charge in [0.1, 0.15) is 11.6 Å². The average Bonchev–Trinajstić information content (AvgIpc) is 3.14. The van der Waals surface area contributed by atoms with Crippen LogP contribution in [-0.4, -0.2) is 53.7 Å². The summed E-state index contributed by atoms with van der Waals surface area (Å²) < 4.78 is 10.3. The van der Waals surface area contributed by atoms with Crippen LogP contribution in [0.2, 0.25) is 0 Å². The Morgan fingerprint density at radius 2 is 2.17 bits per heavy atom. The van der Waals surface area contributed by atoms with Crippen LogP contribution >= 0.6 is 0 Å². The van der Waals surface area contributed by atoms with Gasteiger partial charge in [-0.2, -0.15) is 4.98 Å². The molecule has 0 radical (unpaired) electrons. The van der Waals surface area contributed by atoms with Crippen LogP contribution in [0.5, 0.6) is 0 Å². The molecule has 0 aromatic carbocycles. The summed E-state index contributed by atoms with van der Waals surface area (Å²) in [5.74, 6) is 2.24. The van der Waals surface area contributed by atoms with Gasteiger partial charge in [0.2, 0.25) is 5.95 Å². The van der Waals surface area contributed by atoms with Gasteiger partial charge >= 0.3 is 6.09 Å². The largest absolute Gasteiger partial charge is 0.467 e. The fraction of sp³-hybridized carbons (Fsp3) is 0.438. The zero-order valence-corrected chi connectivity index (χ0v) is 13.6. The minimum absolute atomic E-state index is 0.257. The first-order valence-electron chi connectivity index (χ1n) is 8.02. The van der Waals surface area contributed by atoms with E-state index in [1.54, 1.807) is 17.4 Å². The van der Waals surface area contributed by atoms with Crippen molar-refractivity contribution in [1.82, 2.24) is 14.9 Å². The van der Waals surface area contributed by atoms with Crippen molar-refractivity contribution in [3.63, 3.8) is 0 Å². The van der Waals surface area contributed by atoms with Crippen molar-refractivity contribution in [2.75, 3.05) is 43.0 Å². The number of aromatic nitrogens is 2. The van der Waals surface area contributed by atoms with E-state index < -0.39 is 0 Å². The van der Waals surface area contributed by atoms with Crippen LogP contribution in [-0.2, 0) is 11.3 Å². The molecule has 0 spiro atoms. The summed E-state index contributed by atoms with van der Waals surface area (Å²) in [5.41, 5.74) is 0. The SMILES string of the molecule is CCOC(=O)N1CCN(c2nccc(NCc3ccco3)n2)CC1. The fourth-order valence-corrected chi connectivity index (χ4v) is 2.49. The molecule has 0 bridgehead atoms. The molecule has 1 fully saturated rings. The lowest BCUT2D eigenvalue weighted by Gasteiger charge is -2.34. The first-order chi connectivity index (χ1) is 11.8. The van der Waals surface area contributed by atoms with Crippen molar-refractivity contribution in [3.8, 4) is 0 Å². The van der Waals surface area contributed by atoms with Crippen molar-refractivity contribution in [2.45, 2.75) is 13.5 Å². The maximum absolute atomic E-state index is 11.7. The maximum atomic E-state index is 11.7. The quantitative estimate of drug-likeness (QED) is 0.896. The van der Waals surface area contributed by atoms with E-state index in [2.05, 4.69) is 20.2 Å². The molecule has 1 aliphatic heterocycles. The number of carbonyl (C=O) groups is 1. The Balaban J connectivity index is 1.55. The summed E-state index contributed by atoms with van der Waals surface area (Å²) in [4.78, 5) is 24.4. The van der Waals surface area contributed by atoms with Gasteiger partial charge < -0.3 is 24.3 Å². The van der Waals surface area contributed by atoms with E-state index in [1.165, 1.54) is 0 Å². The van der Waals surface area contributed by atoms with E-state index in [0.717, 1.165) is 11.6 Å². The zero-order chi connectivity index (χ0) is 16.8. The van der Waals surface area contributed by atoms with Crippen LogP contribution in [0.3, 0.4) is 0 Å². The Bertz CT molecular complexity index is 653. The summed E-state index contributed by atoms with van der Waals surface area (Å²) in [6, 6.07) is 5.58. The molecule has 1 saturated heterocycles. The third kappa shape index (κ3) is 3.95. The summed E-state index contributed by atoms with van der Waals surface area (Å²) in [5, 5.41) is 3.21. The average molecular weight is 331 g/mol. The molecule has 24 heavy (non-hydrogen) atoms. The molecule has 0 unspecified atom stereocenters. The van der Waals surface area contributed by atoms with E-state index >= 15 is 0 Å². The number of anilines is 2. The Labute approximate surface area is 140 Å². The van der Waals surface area contributed by atoms with Crippen molar-refractivity contribution in [2.24, 2.45) is 0 Å². The van der Waals surface area contributed by atoms with Crippen LogP contribution in [0.15, 0.2) is 35.1 Å². The molecular weight excluding hydrogens is 310 g/mol. The number of carbonyl (C=O) groups excluding carboxylic acids is 1. The van der Waals surface area contributed by atoms with E-state index in [9.17, 15) is 4.79 Å². The molecule has 2 aromatic heterocycles. The Kier molecular flexibility index (Phi) is 5.15. The fourth-order valence-electron chi connectivity index (χ4n) is 2.49. The Hall–Kier alpha value is -2.77. The maximum Gasteiger partial charge on any atom is 0.409 e. The number of piperazine rings is 1.